The van der Waals surface area contributed by atoms with Crippen LogP contribution in [0.1, 0.15) is 11.3 Å². The van der Waals surface area contributed by atoms with E-state index in [1.54, 1.807) is 25.1 Å². The number of halogens is 3. The van der Waals surface area contributed by atoms with Crippen molar-refractivity contribution in [1.82, 2.24) is 15.0 Å². The van der Waals surface area contributed by atoms with Crippen molar-refractivity contribution in [3.8, 4) is 28.2 Å². The van der Waals surface area contributed by atoms with Crippen molar-refractivity contribution in [1.29, 1.82) is 0 Å². The average molecular weight is 551 g/mol. The Morgan fingerprint density at radius 3 is 2.51 bits per heavy atom. The van der Waals surface area contributed by atoms with Crippen LogP contribution in [0, 0.1) is 18.6 Å². The zero-order chi connectivity index (χ0) is 27.7. The number of carbonyl (C=O) groups excluding carboxylic acids is 1. The molecule has 8 nitrogen and oxygen atoms in total. The number of furan rings is 1. The second-order valence-corrected chi connectivity index (χ2v) is 9.06. The van der Waals surface area contributed by atoms with Gasteiger partial charge in [0.2, 0.25) is 5.71 Å². The second-order valence-electron chi connectivity index (χ2n) is 8.68. The van der Waals surface area contributed by atoms with Gasteiger partial charge in [-0.2, -0.15) is 0 Å². The number of methoxy groups -OCH3 is 1. The van der Waals surface area contributed by atoms with Gasteiger partial charge in [-0.1, -0.05) is 17.7 Å². The van der Waals surface area contributed by atoms with Gasteiger partial charge in [0.05, 0.1) is 23.7 Å². The van der Waals surface area contributed by atoms with Crippen LogP contribution in [0.3, 0.4) is 0 Å². The third-order valence-corrected chi connectivity index (χ3v) is 6.71. The molecule has 0 amide bonds. The Morgan fingerprint density at radius 2 is 1.82 bits per heavy atom. The molecule has 198 valence electrons. The summed E-state index contributed by atoms with van der Waals surface area (Å²) in [4.78, 5) is 25.4. The van der Waals surface area contributed by atoms with Crippen molar-refractivity contribution in [2.75, 3.05) is 12.4 Å². The van der Waals surface area contributed by atoms with Crippen molar-refractivity contribution in [2.45, 2.75) is 19.4 Å². The van der Waals surface area contributed by atoms with Crippen LogP contribution in [0.4, 0.5) is 14.6 Å². The van der Waals surface area contributed by atoms with E-state index in [0.29, 0.717) is 39.1 Å². The molecule has 5 aromatic rings. The Bertz CT molecular complexity index is 1670. The van der Waals surface area contributed by atoms with Crippen molar-refractivity contribution in [2.24, 2.45) is 0 Å². The average Bonchev–Trinajstić information content (AvgIpc) is 3.33. The largest absolute Gasteiger partial charge is 0.506 e. The second kappa shape index (κ2) is 10.7. The lowest BCUT2D eigenvalue weighted by Gasteiger charge is -2.18. The van der Waals surface area contributed by atoms with Crippen LogP contribution in [0.15, 0.2) is 65.5 Å². The number of anilines is 1. The first kappa shape index (κ1) is 26.1. The van der Waals surface area contributed by atoms with Gasteiger partial charge in [0, 0.05) is 23.2 Å². The minimum atomic E-state index is -0.951. The quantitative estimate of drug-likeness (QED) is 0.234. The first-order chi connectivity index (χ1) is 18.8. The highest BCUT2D eigenvalue weighted by Gasteiger charge is 2.28. The minimum Gasteiger partial charge on any atom is -0.506 e. The summed E-state index contributed by atoms with van der Waals surface area (Å²) in [6, 6.07) is 10.6. The lowest BCUT2D eigenvalue weighted by atomic mass is 9.95. The summed E-state index contributed by atoms with van der Waals surface area (Å²) in [5.41, 5.74) is 2.86. The first-order valence-electron chi connectivity index (χ1n) is 11.7. The van der Waals surface area contributed by atoms with E-state index in [0.717, 1.165) is 6.20 Å². The van der Waals surface area contributed by atoms with Gasteiger partial charge in [0.15, 0.2) is 0 Å². The number of phenolic OH excluding ortho intramolecular Hbond substituents is 1. The maximum atomic E-state index is 13.7. The maximum Gasteiger partial charge on any atom is 0.328 e. The number of benzene rings is 2. The number of phenols is 1. The van der Waals surface area contributed by atoms with Gasteiger partial charge in [-0.25, -0.2) is 23.5 Å². The fraction of sp³-hybridized carbons (Fsp3) is 0.143. The Hall–Kier alpha value is -4.57. The molecule has 1 unspecified atom stereocenters. The molecule has 0 bridgehead atoms. The van der Waals surface area contributed by atoms with E-state index >= 15 is 0 Å². The summed E-state index contributed by atoms with van der Waals surface area (Å²) in [5, 5.41) is 13.8. The Kier molecular flexibility index (Phi) is 7.12. The monoisotopic (exact) mass is 550 g/mol. The number of ether oxygens (including phenoxy) is 1. The topological polar surface area (TPSA) is 110 Å². The molecule has 0 aliphatic rings. The highest BCUT2D eigenvalue weighted by molar-refractivity contribution is 6.33. The number of pyridine rings is 1. The van der Waals surface area contributed by atoms with E-state index in [-0.39, 0.29) is 28.7 Å². The summed E-state index contributed by atoms with van der Waals surface area (Å²) < 4.78 is 38.3. The first-order valence-corrected chi connectivity index (χ1v) is 12.1. The van der Waals surface area contributed by atoms with Crippen LogP contribution in [0.2, 0.25) is 5.02 Å². The predicted octanol–water partition coefficient (Wildman–Crippen LogP) is 6.09. The number of hydrogen-bond acceptors (Lipinski definition) is 8. The van der Waals surface area contributed by atoms with Crippen molar-refractivity contribution in [3.05, 3.63) is 89.0 Å². The predicted molar refractivity (Wildman–Crippen MR) is 141 cm³/mol. The number of esters is 1. The fourth-order valence-corrected chi connectivity index (χ4v) is 4.45. The number of fused-ring (bicyclic) bond motifs is 1. The molecule has 2 N–H and O–H groups in total. The summed E-state index contributed by atoms with van der Waals surface area (Å²) >= 11 is 6.38. The third kappa shape index (κ3) is 5.10. The van der Waals surface area contributed by atoms with E-state index in [1.807, 2.05) is 0 Å². The molecule has 0 saturated heterocycles. The van der Waals surface area contributed by atoms with Crippen molar-refractivity contribution in [3.63, 3.8) is 0 Å². The molecule has 11 heteroatoms. The lowest BCUT2D eigenvalue weighted by Crippen LogP contribution is -2.33. The molecule has 5 rings (SSSR count). The third-order valence-electron chi connectivity index (χ3n) is 6.23. The molecule has 1 atom stereocenters. The van der Waals surface area contributed by atoms with E-state index < -0.39 is 23.6 Å². The number of nitrogens with one attached hydrogen (secondary N) is 1. The number of aromatic nitrogens is 3. The normalized spacial score (nSPS) is 11.9. The molecule has 0 saturated carbocycles. The summed E-state index contributed by atoms with van der Waals surface area (Å²) in [6.45, 7) is 1.74. The molecule has 0 spiro atoms. The molecule has 0 aliphatic heterocycles. The van der Waals surface area contributed by atoms with Crippen LogP contribution in [-0.2, 0) is 16.0 Å². The zero-order valence-corrected chi connectivity index (χ0v) is 21.5. The Morgan fingerprint density at radius 1 is 1.08 bits per heavy atom. The number of aromatic hydroxyl groups is 1. The van der Waals surface area contributed by atoms with Crippen molar-refractivity contribution >= 4 is 34.5 Å². The van der Waals surface area contributed by atoms with Crippen LogP contribution < -0.4 is 5.32 Å². The molecule has 0 fully saturated rings. The maximum absolute atomic E-state index is 13.7. The van der Waals surface area contributed by atoms with E-state index in [4.69, 9.17) is 20.8 Å². The summed E-state index contributed by atoms with van der Waals surface area (Å²) in [7, 11) is 1.25. The molecular weight excluding hydrogens is 530 g/mol. The van der Waals surface area contributed by atoms with Crippen LogP contribution in [-0.4, -0.2) is 39.2 Å². The van der Waals surface area contributed by atoms with E-state index in [2.05, 4.69) is 20.3 Å². The molecule has 0 radical (unpaired) electrons. The summed E-state index contributed by atoms with van der Waals surface area (Å²) in [6.07, 6.45) is 2.40. The Balaban J connectivity index is 1.70. The zero-order valence-electron chi connectivity index (χ0n) is 20.7. The smallest absolute Gasteiger partial charge is 0.328 e. The van der Waals surface area contributed by atoms with E-state index in [1.165, 1.54) is 43.8 Å². The molecular formula is C28H21ClF2N4O4. The SMILES string of the molecule is COC(=O)C(Cc1ccc(F)cn1)Nc1ncnc2oc(-c3ccc(F)cc3)c(-c3ccc(O)c(Cl)c3C)c12. The van der Waals surface area contributed by atoms with Crippen LogP contribution in [0.25, 0.3) is 33.6 Å². The standard InChI is InChI=1S/C28H21ClF2N4O4/c1-14-19(9-10-21(36)24(14)29)22-23-26(35-20(28(37)38-2)11-18-8-7-17(31)12-32-18)33-13-34-27(23)39-25(22)15-3-5-16(30)6-4-15/h3-10,12-13,20,36H,11H2,1-2H3,(H,33,34,35). The minimum absolute atomic E-state index is 0.0700. The lowest BCUT2D eigenvalue weighted by molar-refractivity contribution is -0.141. The van der Waals surface area contributed by atoms with Gasteiger partial charge in [-0.15, -0.1) is 0 Å². The van der Waals surface area contributed by atoms with Gasteiger partial charge < -0.3 is 19.6 Å². The number of carbonyl (C=O) groups is 1. The number of nitrogens with zero attached hydrogens (tertiary/aromatic N) is 3. The highest BCUT2D eigenvalue weighted by Crippen LogP contribution is 2.46. The fourth-order valence-electron chi connectivity index (χ4n) is 4.28. The summed E-state index contributed by atoms with van der Waals surface area (Å²) in [5.74, 6) is -1.01. The molecule has 3 aromatic heterocycles. The van der Waals surface area contributed by atoms with Gasteiger partial charge in [-0.05, 0) is 60.5 Å². The van der Waals surface area contributed by atoms with Crippen LogP contribution in [0.5, 0.6) is 5.75 Å². The van der Waals surface area contributed by atoms with Gasteiger partial charge in [0.25, 0.3) is 0 Å². The molecule has 2 aromatic carbocycles. The Labute approximate surface area is 226 Å². The highest BCUT2D eigenvalue weighted by atomic mass is 35.5. The number of hydrogen-bond donors (Lipinski definition) is 2. The molecule has 39 heavy (non-hydrogen) atoms. The number of rotatable bonds is 7. The van der Waals surface area contributed by atoms with Gasteiger partial charge in [-0.3, -0.25) is 4.98 Å². The van der Waals surface area contributed by atoms with Crippen molar-refractivity contribution < 1.29 is 27.8 Å². The van der Waals surface area contributed by atoms with Gasteiger partial charge in [0.1, 0.15) is 41.3 Å². The van der Waals surface area contributed by atoms with Gasteiger partial charge >= 0.3 is 5.97 Å². The molecule has 3 heterocycles. The molecule has 0 aliphatic carbocycles. The van der Waals surface area contributed by atoms with E-state index in [9.17, 15) is 18.7 Å². The van der Waals surface area contributed by atoms with Crippen LogP contribution >= 0.6 is 11.6 Å².